The van der Waals surface area contributed by atoms with Gasteiger partial charge in [0, 0.05) is 19.0 Å². The number of likely N-dealkylation sites (tertiary alicyclic amines) is 1. The van der Waals surface area contributed by atoms with E-state index in [1.165, 1.54) is 5.56 Å². The second-order valence-electron chi connectivity index (χ2n) is 5.71. The minimum absolute atomic E-state index is 0.259. The molecule has 23 heavy (non-hydrogen) atoms. The van der Waals surface area contributed by atoms with E-state index in [0.717, 1.165) is 12.0 Å². The van der Waals surface area contributed by atoms with Gasteiger partial charge in [-0.15, -0.1) is 0 Å². The number of benzene rings is 2. The van der Waals surface area contributed by atoms with E-state index in [1.807, 2.05) is 54.6 Å². The topological polar surface area (TPSA) is 53.3 Å². The van der Waals surface area contributed by atoms with Gasteiger partial charge in [-0.25, -0.2) is 4.79 Å². The van der Waals surface area contributed by atoms with Crippen LogP contribution in [-0.2, 0) is 11.3 Å². The Morgan fingerprint density at radius 1 is 1.17 bits per heavy atom. The molecule has 0 bridgehead atoms. The van der Waals surface area contributed by atoms with Gasteiger partial charge in [0.25, 0.3) is 0 Å². The highest BCUT2D eigenvalue weighted by Gasteiger charge is 2.28. The van der Waals surface area contributed by atoms with Crippen LogP contribution < -0.4 is 0 Å². The van der Waals surface area contributed by atoms with Gasteiger partial charge >= 0.3 is 6.09 Å². The van der Waals surface area contributed by atoms with Crippen molar-refractivity contribution in [2.24, 2.45) is 0 Å². The molecule has 1 aliphatic rings. The molecule has 1 amide bonds. The van der Waals surface area contributed by atoms with Crippen LogP contribution in [0.1, 0.15) is 29.0 Å². The zero-order chi connectivity index (χ0) is 16.1. The maximum Gasteiger partial charge on any atom is 0.410 e. The first kappa shape index (κ1) is 15.1. The van der Waals surface area contributed by atoms with Gasteiger partial charge < -0.3 is 9.64 Å². The van der Waals surface area contributed by atoms with E-state index in [-0.39, 0.29) is 6.09 Å². The second-order valence-corrected chi connectivity index (χ2v) is 5.71. The Morgan fingerprint density at radius 3 is 2.61 bits per heavy atom. The fourth-order valence-corrected chi connectivity index (χ4v) is 2.84. The van der Waals surface area contributed by atoms with Gasteiger partial charge in [-0.1, -0.05) is 42.5 Å². The minimum Gasteiger partial charge on any atom is -0.445 e. The summed E-state index contributed by atoms with van der Waals surface area (Å²) in [4.78, 5) is 13.9. The van der Waals surface area contributed by atoms with Crippen LogP contribution in [0.15, 0.2) is 54.6 Å². The number of nitrogens with zero attached hydrogens (tertiary/aromatic N) is 2. The predicted octanol–water partition coefficient (Wildman–Crippen LogP) is 3.68. The minimum atomic E-state index is -0.259. The van der Waals surface area contributed by atoms with Crippen molar-refractivity contribution in [2.45, 2.75) is 18.9 Å². The quantitative estimate of drug-likeness (QED) is 0.869. The number of rotatable bonds is 3. The molecule has 116 valence electrons. The van der Waals surface area contributed by atoms with Crippen LogP contribution >= 0.6 is 0 Å². The molecule has 0 spiro atoms. The Hall–Kier alpha value is -2.80. The molecular weight excluding hydrogens is 288 g/mol. The molecule has 1 aliphatic heterocycles. The lowest BCUT2D eigenvalue weighted by molar-refractivity contribution is 0.104. The molecule has 2 aromatic rings. The van der Waals surface area contributed by atoms with Crippen LogP contribution in [0.4, 0.5) is 4.79 Å². The normalized spacial score (nSPS) is 16.8. The fraction of sp³-hybridized carbons (Fsp3) is 0.263. The fourth-order valence-electron chi connectivity index (χ4n) is 2.84. The first-order valence-electron chi connectivity index (χ1n) is 7.72. The molecule has 0 saturated carbocycles. The molecule has 0 radical (unpaired) electrons. The summed E-state index contributed by atoms with van der Waals surface area (Å²) in [6.45, 7) is 1.68. The predicted molar refractivity (Wildman–Crippen MR) is 86.7 cm³/mol. The Kier molecular flexibility index (Phi) is 4.58. The third-order valence-corrected chi connectivity index (χ3v) is 4.16. The molecule has 4 nitrogen and oxygen atoms in total. The molecule has 0 N–H and O–H groups in total. The molecule has 0 aliphatic carbocycles. The van der Waals surface area contributed by atoms with Crippen molar-refractivity contribution >= 4 is 6.09 Å². The maximum absolute atomic E-state index is 12.2. The van der Waals surface area contributed by atoms with Crippen molar-refractivity contribution in [1.82, 2.24) is 4.90 Å². The molecule has 1 unspecified atom stereocenters. The van der Waals surface area contributed by atoms with Crippen LogP contribution in [0, 0.1) is 11.3 Å². The number of ether oxygens (including phenoxy) is 1. The smallest absolute Gasteiger partial charge is 0.410 e. The molecule has 1 fully saturated rings. The van der Waals surface area contributed by atoms with E-state index < -0.39 is 0 Å². The number of carbonyl (C=O) groups excluding carboxylic acids is 1. The first-order valence-corrected chi connectivity index (χ1v) is 7.72. The number of amides is 1. The molecule has 1 heterocycles. The molecule has 1 saturated heterocycles. The number of nitriles is 1. The van der Waals surface area contributed by atoms with Crippen molar-refractivity contribution < 1.29 is 9.53 Å². The molecule has 4 heteroatoms. The van der Waals surface area contributed by atoms with Gasteiger partial charge in [-0.3, -0.25) is 0 Å². The summed E-state index contributed by atoms with van der Waals surface area (Å²) in [6.07, 6.45) is 0.664. The number of hydrogen-bond donors (Lipinski definition) is 0. The summed E-state index contributed by atoms with van der Waals surface area (Å²) in [5.74, 6) is 0.312. The summed E-state index contributed by atoms with van der Waals surface area (Å²) < 4.78 is 5.38. The largest absolute Gasteiger partial charge is 0.445 e. The standard InChI is InChI=1S/C19H18N2O2/c20-12-15-6-8-17(9-7-15)18-10-11-21(13-18)19(22)23-14-16-4-2-1-3-5-16/h1-9,18H,10-11,13-14H2. The summed E-state index contributed by atoms with van der Waals surface area (Å²) in [6, 6.07) is 19.4. The lowest BCUT2D eigenvalue weighted by Gasteiger charge is -2.16. The van der Waals surface area contributed by atoms with Gasteiger partial charge in [-0.05, 0) is 29.7 Å². The Labute approximate surface area is 135 Å². The average molecular weight is 306 g/mol. The van der Waals surface area contributed by atoms with Crippen LogP contribution in [0.3, 0.4) is 0 Å². The molecule has 0 aromatic heterocycles. The van der Waals surface area contributed by atoms with E-state index >= 15 is 0 Å². The highest BCUT2D eigenvalue weighted by atomic mass is 16.6. The van der Waals surface area contributed by atoms with E-state index in [9.17, 15) is 4.79 Å². The van der Waals surface area contributed by atoms with Crippen LogP contribution in [-0.4, -0.2) is 24.1 Å². The van der Waals surface area contributed by atoms with Crippen molar-refractivity contribution in [3.05, 3.63) is 71.3 Å². The first-order chi connectivity index (χ1) is 11.3. The van der Waals surface area contributed by atoms with Crippen molar-refractivity contribution in [2.75, 3.05) is 13.1 Å². The van der Waals surface area contributed by atoms with Gasteiger partial charge in [0.15, 0.2) is 0 Å². The Bertz CT molecular complexity index is 704. The van der Waals surface area contributed by atoms with Crippen molar-refractivity contribution in [3.8, 4) is 6.07 Å². The van der Waals surface area contributed by atoms with E-state index in [2.05, 4.69) is 6.07 Å². The molecule has 1 atom stereocenters. The second kappa shape index (κ2) is 6.97. The molecule has 2 aromatic carbocycles. The third kappa shape index (κ3) is 3.70. The van der Waals surface area contributed by atoms with Crippen molar-refractivity contribution in [1.29, 1.82) is 5.26 Å². The highest BCUT2D eigenvalue weighted by molar-refractivity contribution is 5.68. The monoisotopic (exact) mass is 306 g/mol. The summed E-state index contributed by atoms with van der Waals surface area (Å²) in [5, 5.41) is 8.84. The van der Waals surface area contributed by atoms with Crippen LogP contribution in [0.5, 0.6) is 0 Å². The lowest BCUT2D eigenvalue weighted by atomic mass is 9.97. The SMILES string of the molecule is N#Cc1ccc(C2CCN(C(=O)OCc3ccccc3)C2)cc1. The average Bonchev–Trinajstić information content (AvgIpc) is 3.11. The summed E-state index contributed by atoms with van der Waals surface area (Å²) in [7, 11) is 0. The summed E-state index contributed by atoms with van der Waals surface area (Å²) >= 11 is 0. The van der Waals surface area contributed by atoms with E-state index in [4.69, 9.17) is 10.00 Å². The van der Waals surface area contributed by atoms with Gasteiger partial charge in [0.1, 0.15) is 6.61 Å². The van der Waals surface area contributed by atoms with E-state index in [0.29, 0.717) is 31.2 Å². The number of hydrogen-bond acceptors (Lipinski definition) is 3. The summed E-state index contributed by atoms with van der Waals surface area (Å²) in [5.41, 5.74) is 2.82. The molecular formula is C19H18N2O2. The van der Waals surface area contributed by atoms with Gasteiger partial charge in [0.05, 0.1) is 11.6 Å². The Morgan fingerprint density at radius 2 is 1.91 bits per heavy atom. The van der Waals surface area contributed by atoms with E-state index in [1.54, 1.807) is 4.90 Å². The van der Waals surface area contributed by atoms with Crippen LogP contribution in [0.25, 0.3) is 0 Å². The number of carbonyl (C=O) groups is 1. The van der Waals surface area contributed by atoms with Gasteiger partial charge in [0.2, 0.25) is 0 Å². The van der Waals surface area contributed by atoms with Crippen molar-refractivity contribution in [3.63, 3.8) is 0 Å². The Balaban J connectivity index is 1.54. The van der Waals surface area contributed by atoms with Crippen LogP contribution in [0.2, 0.25) is 0 Å². The zero-order valence-electron chi connectivity index (χ0n) is 12.8. The molecule has 3 rings (SSSR count). The third-order valence-electron chi connectivity index (χ3n) is 4.16. The zero-order valence-corrected chi connectivity index (χ0v) is 12.8. The van der Waals surface area contributed by atoms with Gasteiger partial charge in [-0.2, -0.15) is 5.26 Å². The lowest BCUT2D eigenvalue weighted by Crippen LogP contribution is -2.29. The maximum atomic E-state index is 12.2. The highest BCUT2D eigenvalue weighted by Crippen LogP contribution is 2.27.